The van der Waals surface area contributed by atoms with E-state index in [9.17, 15) is 13.2 Å². The van der Waals surface area contributed by atoms with E-state index in [0.29, 0.717) is 17.1 Å². The second-order valence-electron chi connectivity index (χ2n) is 3.39. The summed E-state index contributed by atoms with van der Waals surface area (Å²) < 4.78 is 50.0. The molecule has 1 heterocycles. The lowest BCUT2D eigenvalue weighted by Gasteiger charge is -2.09. The van der Waals surface area contributed by atoms with Gasteiger partial charge in [-0.05, 0) is 0 Å². The van der Waals surface area contributed by atoms with E-state index in [1.807, 2.05) is 0 Å². The monoisotopic (exact) mass is 285 g/mol. The van der Waals surface area contributed by atoms with Crippen molar-refractivity contribution in [2.24, 2.45) is 0 Å². The second kappa shape index (κ2) is 7.03. The molecular formula is C10H14F3NO3S. The predicted molar refractivity (Wildman–Crippen MR) is 59.5 cm³/mol. The number of hydrogen-bond acceptors (Lipinski definition) is 5. The van der Waals surface area contributed by atoms with Crippen LogP contribution < -0.4 is 0 Å². The lowest BCUT2D eigenvalue weighted by Crippen LogP contribution is -2.17. The smallest absolute Gasteiger partial charge is 0.372 e. The highest BCUT2D eigenvalue weighted by Gasteiger charge is 2.27. The quantitative estimate of drug-likeness (QED) is 0.570. The molecule has 0 bridgehead atoms. The van der Waals surface area contributed by atoms with Crippen molar-refractivity contribution in [3.8, 4) is 0 Å². The molecule has 1 rings (SSSR count). The number of thiazole rings is 1. The molecule has 0 amide bonds. The van der Waals surface area contributed by atoms with Gasteiger partial charge >= 0.3 is 6.18 Å². The molecule has 4 nitrogen and oxygen atoms in total. The number of halogens is 3. The number of rotatable bonds is 7. The van der Waals surface area contributed by atoms with Crippen molar-refractivity contribution in [3.05, 3.63) is 16.1 Å². The van der Waals surface area contributed by atoms with Crippen LogP contribution in [0.1, 0.15) is 17.0 Å². The fourth-order valence-corrected chi connectivity index (χ4v) is 2.01. The van der Waals surface area contributed by atoms with Crippen LogP contribution in [0.5, 0.6) is 0 Å². The van der Waals surface area contributed by atoms with Crippen LogP contribution in [0.15, 0.2) is 5.38 Å². The molecule has 0 N–H and O–H groups in total. The lowest BCUT2D eigenvalue weighted by atomic mass is 10.4. The first-order valence-corrected chi connectivity index (χ1v) is 5.98. The molecule has 0 saturated heterocycles. The Hall–Kier alpha value is -0.700. The fourth-order valence-electron chi connectivity index (χ4n) is 1.23. The largest absolute Gasteiger partial charge is 0.411 e. The van der Waals surface area contributed by atoms with E-state index >= 15 is 0 Å². The van der Waals surface area contributed by atoms with Crippen LogP contribution in [0.3, 0.4) is 0 Å². The van der Waals surface area contributed by atoms with Crippen LogP contribution in [0, 0.1) is 0 Å². The first-order chi connectivity index (χ1) is 8.46. The Kier molecular flexibility index (Phi) is 6.00. The molecule has 1 aromatic heterocycles. The van der Waals surface area contributed by atoms with E-state index in [-0.39, 0.29) is 6.61 Å². The zero-order valence-corrected chi connectivity index (χ0v) is 10.8. The van der Waals surface area contributed by atoms with E-state index in [2.05, 4.69) is 9.72 Å². The van der Waals surface area contributed by atoms with E-state index < -0.39 is 19.1 Å². The molecule has 0 aromatic carbocycles. The van der Waals surface area contributed by atoms with Crippen molar-refractivity contribution >= 4 is 11.3 Å². The van der Waals surface area contributed by atoms with Crippen LogP contribution in [-0.4, -0.2) is 38.6 Å². The summed E-state index contributed by atoms with van der Waals surface area (Å²) in [6.45, 7) is -1.25. The van der Waals surface area contributed by atoms with Crippen LogP contribution in [0.25, 0.3) is 0 Å². The van der Waals surface area contributed by atoms with Gasteiger partial charge < -0.3 is 14.2 Å². The summed E-state index contributed by atoms with van der Waals surface area (Å²) in [4.78, 5) is 4.19. The summed E-state index contributed by atoms with van der Waals surface area (Å²) in [6.07, 6.45) is -4.50. The number of alkyl halides is 3. The zero-order chi connectivity index (χ0) is 13.6. The molecule has 0 saturated carbocycles. The van der Waals surface area contributed by atoms with Crippen LogP contribution in [-0.2, 0) is 20.6 Å². The predicted octanol–water partition coefficient (Wildman–Crippen LogP) is 2.56. The van der Waals surface area contributed by atoms with E-state index in [1.54, 1.807) is 5.38 Å². The Balaban J connectivity index is 2.35. The van der Waals surface area contributed by atoms with E-state index in [1.165, 1.54) is 25.6 Å². The highest BCUT2D eigenvalue weighted by Crippen LogP contribution is 2.20. The number of nitrogens with zero attached hydrogens (tertiary/aromatic N) is 1. The average Bonchev–Trinajstić information content (AvgIpc) is 2.74. The van der Waals surface area contributed by atoms with Crippen molar-refractivity contribution in [2.45, 2.75) is 18.9 Å². The number of hydrogen-bond donors (Lipinski definition) is 0. The molecule has 104 valence electrons. The Bertz CT molecular complexity index is 352. The van der Waals surface area contributed by atoms with Gasteiger partial charge in [0.05, 0.1) is 11.6 Å². The lowest BCUT2D eigenvalue weighted by molar-refractivity contribution is -0.173. The van der Waals surface area contributed by atoms with E-state index in [4.69, 9.17) is 9.47 Å². The third-order valence-corrected chi connectivity index (χ3v) is 2.89. The van der Waals surface area contributed by atoms with Crippen molar-refractivity contribution < 1.29 is 27.4 Å². The summed E-state index contributed by atoms with van der Waals surface area (Å²) in [6, 6.07) is 0. The SMILES string of the molecule is COC(OC)c1csc(CCOCC(F)(F)F)n1. The molecule has 0 aliphatic rings. The van der Waals surface area contributed by atoms with Crippen LogP contribution in [0.4, 0.5) is 13.2 Å². The maximum absolute atomic E-state index is 11.8. The first kappa shape index (κ1) is 15.4. The number of methoxy groups -OCH3 is 2. The molecule has 0 fully saturated rings. The Morgan fingerprint density at radius 1 is 1.33 bits per heavy atom. The van der Waals surface area contributed by atoms with Gasteiger partial charge in [-0.2, -0.15) is 13.2 Å². The van der Waals surface area contributed by atoms with Gasteiger partial charge in [0.25, 0.3) is 0 Å². The van der Waals surface area contributed by atoms with Gasteiger partial charge in [-0.25, -0.2) is 4.98 Å². The molecule has 0 atom stereocenters. The number of aromatic nitrogens is 1. The van der Waals surface area contributed by atoms with Gasteiger partial charge in [-0.3, -0.25) is 0 Å². The summed E-state index contributed by atoms with van der Waals surface area (Å²) in [7, 11) is 2.97. The minimum absolute atomic E-state index is 0.0168. The molecule has 0 aliphatic carbocycles. The van der Waals surface area contributed by atoms with Crippen molar-refractivity contribution in [2.75, 3.05) is 27.4 Å². The highest BCUT2D eigenvalue weighted by atomic mass is 32.1. The second-order valence-corrected chi connectivity index (χ2v) is 4.33. The minimum Gasteiger partial charge on any atom is -0.372 e. The summed E-state index contributed by atoms with van der Waals surface area (Å²) in [5, 5.41) is 2.43. The van der Waals surface area contributed by atoms with Gasteiger partial charge in [0.2, 0.25) is 6.29 Å². The van der Waals surface area contributed by atoms with Crippen LogP contribution in [0.2, 0.25) is 0 Å². The van der Waals surface area contributed by atoms with Gasteiger partial charge in [0.15, 0.2) is 0 Å². The normalized spacial score (nSPS) is 12.3. The Morgan fingerprint density at radius 3 is 2.56 bits per heavy atom. The summed E-state index contributed by atoms with van der Waals surface area (Å²) in [5.41, 5.74) is 0.607. The van der Waals surface area contributed by atoms with Gasteiger partial charge in [0, 0.05) is 26.0 Å². The standard InChI is InChI=1S/C10H14F3NO3S/c1-15-9(16-2)7-5-18-8(14-7)3-4-17-6-10(11,12)13/h5,9H,3-4,6H2,1-2H3. The molecule has 0 aliphatic heterocycles. The zero-order valence-electron chi connectivity index (χ0n) is 9.99. The third-order valence-electron chi connectivity index (χ3n) is 1.97. The molecule has 8 heteroatoms. The van der Waals surface area contributed by atoms with Gasteiger partial charge in [0.1, 0.15) is 12.3 Å². The molecule has 0 unspecified atom stereocenters. The van der Waals surface area contributed by atoms with Crippen molar-refractivity contribution in [3.63, 3.8) is 0 Å². The fraction of sp³-hybridized carbons (Fsp3) is 0.700. The molecule has 1 aromatic rings. The molecule has 0 radical (unpaired) electrons. The topological polar surface area (TPSA) is 40.6 Å². The minimum atomic E-state index is -4.29. The maximum atomic E-state index is 11.8. The first-order valence-electron chi connectivity index (χ1n) is 5.10. The van der Waals surface area contributed by atoms with Crippen molar-refractivity contribution in [1.82, 2.24) is 4.98 Å². The maximum Gasteiger partial charge on any atom is 0.411 e. The Morgan fingerprint density at radius 2 is 2.00 bits per heavy atom. The highest BCUT2D eigenvalue weighted by molar-refractivity contribution is 7.09. The molecular weight excluding hydrogens is 271 g/mol. The van der Waals surface area contributed by atoms with Gasteiger partial charge in [-0.1, -0.05) is 0 Å². The third kappa shape index (κ3) is 5.30. The van der Waals surface area contributed by atoms with Gasteiger partial charge in [-0.15, -0.1) is 11.3 Å². The Labute approximate surface area is 107 Å². The summed E-state index contributed by atoms with van der Waals surface area (Å²) >= 11 is 1.33. The van der Waals surface area contributed by atoms with Crippen molar-refractivity contribution in [1.29, 1.82) is 0 Å². The molecule has 0 spiro atoms. The number of ether oxygens (including phenoxy) is 3. The average molecular weight is 285 g/mol. The molecule has 18 heavy (non-hydrogen) atoms. The van der Waals surface area contributed by atoms with E-state index in [0.717, 1.165) is 0 Å². The van der Waals surface area contributed by atoms with Crippen LogP contribution >= 0.6 is 11.3 Å². The summed E-state index contributed by atoms with van der Waals surface area (Å²) in [5.74, 6) is 0.